The highest BCUT2D eigenvalue weighted by atomic mass is 35.5. The van der Waals surface area contributed by atoms with Crippen molar-refractivity contribution >= 4 is 17.4 Å². The molecule has 100 valence electrons. The Hall–Kier alpha value is -1.58. The van der Waals surface area contributed by atoms with Crippen LogP contribution in [-0.4, -0.2) is 24.3 Å². The van der Waals surface area contributed by atoms with Crippen LogP contribution in [0, 0.1) is 0 Å². The quantitative estimate of drug-likeness (QED) is 0.779. The summed E-state index contributed by atoms with van der Waals surface area (Å²) >= 11 is 5.87. The lowest BCUT2D eigenvalue weighted by molar-refractivity contribution is 0.0897. The van der Waals surface area contributed by atoms with Gasteiger partial charge in [0.25, 0.3) is 0 Å². The van der Waals surface area contributed by atoms with E-state index in [0.29, 0.717) is 17.3 Å². The third-order valence-corrected chi connectivity index (χ3v) is 3.45. The van der Waals surface area contributed by atoms with Crippen molar-refractivity contribution in [3.05, 3.63) is 59.0 Å². The molecule has 0 fully saturated rings. The number of halogens is 1. The van der Waals surface area contributed by atoms with Crippen LogP contribution in [0.15, 0.2) is 47.1 Å². The van der Waals surface area contributed by atoms with E-state index in [-0.39, 0.29) is 11.8 Å². The number of hydrogen-bond donors (Lipinski definition) is 0. The van der Waals surface area contributed by atoms with Crippen LogP contribution in [0.1, 0.15) is 29.1 Å². The molecule has 0 aliphatic carbocycles. The topological polar surface area (TPSA) is 33.5 Å². The molecule has 0 aliphatic heterocycles. The van der Waals surface area contributed by atoms with Crippen LogP contribution in [0.3, 0.4) is 0 Å². The van der Waals surface area contributed by atoms with Crippen LogP contribution >= 0.6 is 11.6 Å². The number of benzene rings is 1. The summed E-state index contributed by atoms with van der Waals surface area (Å²) in [5, 5.41) is 0.713. The molecule has 0 saturated carbocycles. The molecule has 1 atom stereocenters. The highest BCUT2D eigenvalue weighted by molar-refractivity contribution is 6.30. The first-order valence-corrected chi connectivity index (χ1v) is 6.48. The summed E-state index contributed by atoms with van der Waals surface area (Å²) < 4.78 is 5.10. The minimum atomic E-state index is -0.0201. The number of ketones is 1. The fourth-order valence-corrected chi connectivity index (χ4v) is 2.00. The summed E-state index contributed by atoms with van der Waals surface area (Å²) in [6.07, 6.45) is 1.51. The Morgan fingerprint density at radius 1 is 1.32 bits per heavy atom. The first kappa shape index (κ1) is 13.8. The number of carbonyl (C=O) groups excluding carboxylic acids is 1. The summed E-state index contributed by atoms with van der Waals surface area (Å²) in [7, 11) is 1.92. The second-order valence-electron chi connectivity index (χ2n) is 4.54. The zero-order valence-electron chi connectivity index (χ0n) is 11.0. The fraction of sp³-hybridized carbons (Fsp3) is 0.267. The third-order valence-electron chi connectivity index (χ3n) is 3.20. The van der Waals surface area contributed by atoms with Gasteiger partial charge in [0.2, 0.25) is 5.78 Å². The van der Waals surface area contributed by atoms with Gasteiger partial charge < -0.3 is 4.42 Å². The number of furan rings is 1. The molecule has 4 heteroatoms. The molecule has 0 spiro atoms. The molecule has 0 amide bonds. The lowest BCUT2D eigenvalue weighted by Gasteiger charge is -2.24. The molecular formula is C15H16ClNO2. The lowest BCUT2D eigenvalue weighted by atomic mass is 10.1. The Labute approximate surface area is 117 Å². The zero-order valence-corrected chi connectivity index (χ0v) is 11.7. The fourth-order valence-electron chi connectivity index (χ4n) is 1.87. The van der Waals surface area contributed by atoms with Gasteiger partial charge in [0.15, 0.2) is 5.76 Å². The monoisotopic (exact) mass is 277 g/mol. The predicted molar refractivity (Wildman–Crippen MR) is 75.5 cm³/mol. The van der Waals surface area contributed by atoms with Gasteiger partial charge in [-0.3, -0.25) is 9.69 Å². The van der Waals surface area contributed by atoms with E-state index in [1.807, 2.05) is 36.2 Å². The maximum Gasteiger partial charge on any atom is 0.211 e. The highest BCUT2D eigenvalue weighted by Crippen LogP contribution is 2.21. The van der Waals surface area contributed by atoms with Gasteiger partial charge in [0, 0.05) is 11.1 Å². The van der Waals surface area contributed by atoms with Crippen molar-refractivity contribution in [3.8, 4) is 0 Å². The van der Waals surface area contributed by atoms with E-state index in [1.54, 1.807) is 12.1 Å². The molecule has 1 heterocycles. The second kappa shape index (κ2) is 6.04. The standard InChI is InChI=1S/C15H16ClNO2/c1-11(12-5-7-13(16)8-6-12)17(2)10-14(18)15-4-3-9-19-15/h3-9,11H,10H2,1-2H3. The van der Waals surface area contributed by atoms with Crippen molar-refractivity contribution < 1.29 is 9.21 Å². The Balaban J connectivity index is 2.01. The van der Waals surface area contributed by atoms with Crippen molar-refractivity contribution in [2.45, 2.75) is 13.0 Å². The number of nitrogens with zero attached hydrogens (tertiary/aromatic N) is 1. The molecule has 2 aromatic rings. The average molecular weight is 278 g/mol. The molecular weight excluding hydrogens is 262 g/mol. The summed E-state index contributed by atoms with van der Waals surface area (Å²) in [6.45, 7) is 2.37. The number of rotatable bonds is 5. The number of Topliss-reactive ketones (excluding diaryl/α,β-unsaturated/α-hetero) is 1. The molecule has 0 radical (unpaired) electrons. The van der Waals surface area contributed by atoms with Gasteiger partial charge in [0.05, 0.1) is 12.8 Å². The Morgan fingerprint density at radius 3 is 2.58 bits per heavy atom. The molecule has 3 nitrogen and oxygen atoms in total. The van der Waals surface area contributed by atoms with Crippen molar-refractivity contribution in [1.29, 1.82) is 0 Å². The Bertz CT molecular complexity index is 534. The van der Waals surface area contributed by atoms with Crippen LogP contribution in [0.2, 0.25) is 5.02 Å². The van der Waals surface area contributed by atoms with E-state index in [1.165, 1.54) is 6.26 Å². The summed E-state index contributed by atoms with van der Waals surface area (Å²) in [6, 6.07) is 11.2. The van der Waals surface area contributed by atoms with Crippen molar-refractivity contribution in [2.24, 2.45) is 0 Å². The number of likely N-dealkylation sites (N-methyl/N-ethyl adjacent to an activating group) is 1. The predicted octanol–water partition coefficient (Wildman–Crippen LogP) is 3.81. The lowest BCUT2D eigenvalue weighted by Crippen LogP contribution is -2.28. The highest BCUT2D eigenvalue weighted by Gasteiger charge is 2.17. The second-order valence-corrected chi connectivity index (χ2v) is 4.98. The van der Waals surface area contributed by atoms with Crippen LogP contribution in [0.5, 0.6) is 0 Å². The summed E-state index contributed by atoms with van der Waals surface area (Å²) in [5.41, 5.74) is 1.12. The number of hydrogen-bond acceptors (Lipinski definition) is 3. The van der Waals surface area contributed by atoms with Crippen molar-refractivity contribution in [2.75, 3.05) is 13.6 Å². The normalized spacial score (nSPS) is 12.6. The van der Waals surface area contributed by atoms with E-state index in [2.05, 4.69) is 6.92 Å². The van der Waals surface area contributed by atoms with Crippen molar-refractivity contribution in [1.82, 2.24) is 4.90 Å². The molecule has 1 unspecified atom stereocenters. The SMILES string of the molecule is CC(c1ccc(Cl)cc1)N(C)CC(=O)c1ccco1. The van der Waals surface area contributed by atoms with Crippen LogP contribution in [-0.2, 0) is 0 Å². The molecule has 1 aromatic heterocycles. The number of carbonyl (C=O) groups is 1. The molecule has 0 saturated heterocycles. The summed E-state index contributed by atoms with van der Waals surface area (Å²) in [5.74, 6) is 0.378. The Kier molecular flexibility index (Phi) is 4.40. The van der Waals surface area contributed by atoms with Gasteiger partial charge in [0.1, 0.15) is 0 Å². The van der Waals surface area contributed by atoms with E-state index in [0.717, 1.165) is 5.56 Å². The van der Waals surface area contributed by atoms with E-state index in [9.17, 15) is 4.79 Å². The van der Waals surface area contributed by atoms with Gasteiger partial charge in [-0.2, -0.15) is 0 Å². The van der Waals surface area contributed by atoms with Gasteiger partial charge in [-0.15, -0.1) is 0 Å². The maximum atomic E-state index is 11.9. The third kappa shape index (κ3) is 3.46. The molecule has 0 aliphatic rings. The largest absolute Gasteiger partial charge is 0.461 e. The van der Waals surface area contributed by atoms with E-state index < -0.39 is 0 Å². The zero-order chi connectivity index (χ0) is 13.8. The molecule has 0 N–H and O–H groups in total. The summed E-state index contributed by atoms with van der Waals surface area (Å²) in [4.78, 5) is 13.9. The smallest absolute Gasteiger partial charge is 0.211 e. The van der Waals surface area contributed by atoms with Gasteiger partial charge in [-0.1, -0.05) is 23.7 Å². The van der Waals surface area contributed by atoms with Crippen LogP contribution in [0.4, 0.5) is 0 Å². The molecule has 19 heavy (non-hydrogen) atoms. The Morgan fingerprint density at radius 2 is 2.00 bits per heavy atom. The van der Waals surface area contributed by atoms with Crippen molar-refractivity contribution in [3.63, 3.8) is 0 Å². The van der Waals surface area contributed by atoms with Gasteiger partial charge >= 0.3 is 0 Å². The molecule has 2 rings (SSSR count). The van der Waals surface area contributed by atoms with E-state index in [4.69, 9.17) is 16.0 Å². The van der Waals surface area contributed by atoms with Gasteiger partial charge in [-0.25, -0.2) is 0 Å². The van der Waals surface area contributed by atoms with Gasteiger partial charge in [-0.05, 0) is 43.8 Å². The molecule has 1 aromatic carbocycles. The molecule has 0 bridgehead atoms. The first-order valence-electron chi connectivity index (χ1n) is 6.10. The maximum absolute atomic E-state index is 11.9. The minimum Gasteiger partial charge on any atom is -0.461 e. The van der Waals surface area contributed by atoms with Crippen LogP contribution < -0.4 is 0 Å². The average Bonchev–Trinajstić information content (AvgIpc) is 2.92. The first-order chi connectivity index (χ1) is 9.08. The minimum absolute atomic E-state index is 0.0201. The van der Waals surface area contributed by atoms with E-state index >= 15 is 0 Å². The van der Waals surface area contributed by atoms with Crippen LogP contribution in [0.25, 0.3) is 0 Å².